The quantitative estimate of drug-likeness (QED) is 0.923. The zero-order valence-corrected chi connectivity index (χ0v) is 11.5. The average Bonchev–Trinajstić information content (AvgIpc) is 2.48. The maximum Gasteiger partial charge on any atom is 0.187 e. The number of aliphatic hydroxyl groups excluding tert-OH is 1. The molecule has 0 unspecified atom stereocenters. The van der Waals surface area contributed by atoms with Crippen LogP contribution in [0.5, 0.6) is 0 Å². The average molecular weight is 286 g/mol. The molecule has 0 aromatic heterocycles. The number of hydrogen-bond donors (Lipinski definition) is 1. The smallest absolute Gasteiger partial charge is 0.187 e. The van der Waals surface area contributed by atoms with E-state index < -0.39 is 21.2 Å². The van der Waals surface area contributed by atoms with Crippen LogP contribution >= 0.6 is 0 Å². The lowest BCUT2D eigenvalue weighted by Crippen LogP contribution is -2.29. The van der Waals surface area contributed by atoms with E-state index in [0.717, 1.165) is 5.56 Å². The van der Waals surface area contributed by atoms with Crippen LogP contribution in [0.2, 0.25) is 0 Å². The van der Waals surface area contributed by atoms with Crippen molar-refractivity contribution in [2.24, 2.45) is 0 Å². The van der Waals surface area contributed by atoms with Crippen LogP contribution in [0.25, 0.3) is 6.08 Å². The predicted octanol–water partition coefficient (Wildman–Crippen LogP) is 2.59. The third-order valence-corrected chi connectivity index (χ3v) is 5.58. The highest BCUT2D eigenvalue weighted by molar-refractivity contribution is 7.92. The predicted molar refractivity (Wildman–Crippen MR) is 77.9 cm³/mol. The molecule has 4 heteroatoms. The molecule has 1 aliphatic rings. The summed E-state index contributed by atoms with van der Waals surface area (Å²) in [5.74, 6) is 0. The molecule has 0 saturated carbocycles. The molecule has 0 saturated heterocycles. The van der Waals surface area contributed by atoms with E-state index in [-0.39, 0.29) is 4.90 Å². The monoisotopic (exact) mass is 286 g/mol. The van der Waals surface area contributed by atoms with E-state index in [4.69, 9.17) is 0 Å². The Balaban J connectivity index is 2.06. The minimum Gasteiger partial charge on any atom is -0.387 e. The zero-order chi connectivity index (χ0) is 14.2. The molecule has 2 atom stereocenters. The summed E-state index contributed by atoms with van der Waals surface area (Å²) in [7, 11) is -3.59. The third-order valence-electron chi connectivity index (χ3n) is 3.52. The molecule has 102 valence electrons. The molecule has 1 aliphatic carbocycles. The number of sulfone groups is 1. The second kappa shape index (κ2) is 4.89. The topological polar surface area (TPSA) is 54.4 Å². The van der Waals surface area contributed by atoms with Crippen LogP contribution < -0.4 is 0 Å². The first-order valence-corrected chi connectivity index (χ1v) is 7.89. The van der Waals surface area contributed by atoms with Crippen molar-refractivity contribution in [2.75, 3.05) is 0 Å². The van der Waals surface area contributed by atoms with Gasteiger partial charge in [0.25, 0.3) is 0 Å². The lowest BCUT2D eigenvalue weighted by Gasteiger charge is -2.25. The maximum absolute atomic E-state index is 12.6. The van der Waals surface area contributed by atoms with Gasteiger partial charge in [-0.25, -0.2) is 8.42 Å². The molecule has 3 nitrogen and oxygen atoms in total. The fourth-order valence-corrected chi connectivity index (χ4v) is 4.08. The van der Waals surface area contributed by atoms with Crippen LogP contribution in [-0.4, -0.2) is 18.8 Å². The molecule has 0 fully saturated rings. The van der Waals surface area contributed by atoms with Crippen LogP contribution in [0.4, 0.5) is 0 Å². The Hall–Kier alpha value is -1.91. The van der Waals surface area contributed by atoms with Crippen molar-refractivity contribution in [3.63, 3.8) is 0 Å². The fraction of sp³-hybridized carbons (Fsp3) is 0.125. The number of rotatable bonds is 2. The standard InChI is InChI=1S/C16H14O3S/c17-16-14-9-5-4-6-12(14)10-11-15(16)20(18,19)13-7-2-1-3-8-13/h1-11,15-17H/t15-,16+/m1/s1. The first-order chi connectivity index (χ1) is 9.60. The van der Waals surface area contributed by atoms with Gasteiger partial charge in [-0.05, 0) is 23.3 Å². The fourth-order valence-electron chi connectivity index (χ4n) is 2.45. The second-order valence-electron chi connectivity index (χ2n) is 4.76. The first-order valence-electron chi connectivity index (χ1n) is 6.35. The Morgan fingerprint density at radius 3 is 2.30 bits per heavy atom. The van der Waals surface area contributed by atoms with Gasteiger partial charge in [0.2, 0.25) is 0 Å². The molecule has 0 bridgehead atoms. The van der Waals surface area contributed by atoms with Gasteiger partial charge < -0.3 is 5.11 Å². The van der Waals surface area contributed by atoms with Gasteiger partial charge in [-0.1, -0.05) is 54.6 Å². The van der Waals surface area contributed by atoms with E-state index >= 15 is 0 Å². The van der Waals surface area contributed by atoms with Gasteiger partial charge in [0.15, 0.2) is 9.84 Å². The van der Waals surface area contributed by atoms with E-state index in [2.05, 4.69) is 0 Å². The van der Waals surface area contributed by atoms with E-state index in [1.54, 1.807) is 54.6 Å². The van der Waals surface area contributed by atoms with Crippen molar-refractivity contribution in [2.45, 2.75) is 16.2 Å². The first kappa shape index (κ1) is 13.1. The molecule has 0 spiro atoms. The zero-order valence-electron chi connectivity index (χ0n) is 10.7. The summed E-state index contributed by atoms with van der Waals surface area (Å²) in [6, 6.07) is 15.5. The molecule has 3 rings (SSSR count). The molecule has 0 amide bonds. The number of aliphatic hydroxyl groups is 1. The Bertz CT molecular complexity index is 748. The molecular formula is C16H14O3S. The van der Waals surface area contributed by atoms with Gasteiger partial charge in [-0.15, -0.1) is 0 Å². The number of benzene rings is 2. The van der Waals surface area contributed by atoms with Crippen molar-refractivity contribution < 1.29 is 13.5 Å². The molecule has 2 aromatic carbocycles. The summed E-state index contributed by atoms with van der Waals surface area (Å²) in [5, 5.41) is 9.44. The van der Waals surface area contributed by atoms with Gasteiger partial charge in [0.05, 0.1) is 4.90 Å². The Labute approximate surface area is 118 Å². The minimum absolute atomic E-state index is 0.230. The van der Waals surface area contributed by atoms with Crippen molar-refractivity contribution >= 4 is 15.9 Å². The highest BCUT2D eigenvalue weighted by Gasteiger charge is 2.35. The lowest BCUT2D eigenvalue weighted by atomic mass is 9.95. The van der Waals surface area contributed by atoms with Crippen LogP contribution in [0.1, 0.15) is 17.2 Å². The normalized spacial score (nSPS) is 21.4. The van der Waals surface area contributed by atoms with Gasteiger partial charge in [0, 0.05) is 0 Å². The number of hydrogen-bond acceptors (Lipinski definition) is 3. The highest BCUT2D eigenvalue weighted by atomic mass is 32.2. The van der Waals surface area contributed by atoms with E-state index in [9.17, 15) is 13.5 Å². The van der Waals surface area contributed by atoms with Crippen molar-refractivity contribution in [3.8, 4) is 0 Å². The van der Waals surface area contributed by atoms with E-state index in [0.29, 0.717) is 5.56 Å². The summed E-state index contributed by atoms with van der Waals surface area (Å²) < 4.78 is 25.2. The molecule has 2 aromatic rings. The summed E-state index contributed by atoms with van der Waals surface area (Å²) >= 11 is 0. The van der Waals surface area contributed by atoms with Crippen LogP contribution in [-0.2, 0) is 9.84 Å². The summed E-state index contributed by atoms with van der Waals surface area (Å²) in [6.07, 6.45) is 2.28. The SMILES string of the molecule is O=S(=O)(c1ccccc1)[C@@H]1C=Cc2ccccc2[C@@H]1O. The largest absolute Gasteiger partial charge is 0.387 e. The minimum atomic E-state index is -3.59. The molecule has 1 N–H and O–H groups in total. The van der Waals surface area contributed by atoms with Gasteiger partial charge in [-0.3, -0.25) is 0 Å². The Morgan fingerprint density at radius 2 is 1.55 bits per heavy atom. The molecule has 20 heavy (non-hydrogen) atoms. The van der Waals surface area contributed by atoms with Gasteiger partial charge in [0.1, 0.15) is 11.4 Å². The van der Waals surface area contributed by atoms with Crippen LogP contribution in [0, 0.1) is 0 Å². The van der Waals surface area contributed by atoms with E-state index in [1.165, 1.54) is 0 Å². The van der Waals surface area contributed by atoms with Crippen molar-refractivity contribution in [1.82, 2.24) is 0 Å². The van der Waals surface area contributed by atoms with Crippen LogP contribution in [0.15, 0.2) is 65.6 Å². The van der Waals surface area contributed by atoms with Crippen molar-refractivity contribution in [3.05, 3.63) is 71.8 Å². The van der Waals surface area contributed by atoms with E-state index in [1.807, 2.05) is 12.1 Å². The maximum atomic E-state index is 12.6. The van der Waals surface area contributed by atoms with Gasteiger partial charge >= 0.3 is 0 Å². The summed E-state index contributed by atoms with van der Waals surface area (Å²) in [6.45, 7) is 0. The number of fused-ring (bicyclic) bond motifs is 1. The molecule has 0 heterocycles. The van der Waals surface area contributed by atoms with Gasteiger partial charge in [-0.2, -0.15) is 0 Å². The highest BCUT2D eigenvalue weighted by Crippen LogP contribution is 2.34. The summed E-state index contributed by atoms with van der Waals surface area (Å²) in [4.78, 5) is 0.230. The Morgan fingerprint density at radius 1 is 0.900 bits per heavy atom. The van der Waals surface area contributed by atoms with Crippen LogP contribution in [0.3, 0.4) is 0 Å². The van der Waals surface area contributed by atoms with Crippen molar-refractivity contribution in [1.29, 1.82) is 0 Å². The molecule has 0 aliphatic heterocycles. The molecule has 0 radical (unpaired) electrons. The molecular weight excluding hydrogens is 272 g/mol. The summed E-state index contributed by atoms with van der Waals surface area (Å²) in [5.41, 5.74) is 1.51. The third kappa shape index (κ3) is 2.07. The Kier molecular flexibility index (Phi) is 3.20. The lowest BCUT2D eigenvalue weighted by molar-refractivity contribution is 0.182. The second-order valence-corrected chi connectivity index (χ2v) is 6.86.